The third-order valence-electron chi connectivity index (χ3n) is 6.71. The topological polar surface area (TPSA) is 39.3 Å². The van der Waals surface area contributed by atoms with E-state index in [1.807, 2.05) is 6.08 Å². The predicted molar refractivity (Wildman–Crippen MR) is 144 cm³/mol. The molecule has 1 aromatic carbocycles. The molecule has 1 atom stereocenters. The molecule has 0 spiro atoms. The van der Waals surface area contributed by atoms with E-state index in [4.69, 9.17) is 0 Å². The van der Waals surface area contributed by atoms with Gasteiger partial charge in [-0.1, -0.05) is 51.8 Å². The highest BCUT2D eigenvalue weighted by atomic mass is 15.7. The maximum Gasteiger partial charge on any atom is 0.0784 e. The first-order valence-corrected chi connectivity index (χ1v) is 13.3. The third-order valence-corrected chi connectivity index (χ3v) is 6.71. The summed E-state index contributed by atoms with van der Waals surface area (Å²) in [5.41, 5.74) is 10.4. The molecule has 0 bridgehead atoms. The zero-order chi connectivity index (χ0) is 23.9. The van der Waals surface area contributed by atoms with E-state index < -0.39 is 0 Å². The Morgan fingerprint density at radius 2 is 1.64 bits per heavy atom. The van der Waals surface area contributed by atoms with Crippen molar-refractivity contribution in [3.8, 4) is 0 Å². The zero-order valence-electron chi connectivity index (χ0n) is 21.8. The number of nitrogens with one attached hydrogen (secondary N) is 3. The Balaban J connectivity index is 1.66. The van der Waals surface area contributed by atoms with Crippen LogP contribution in [0.2, 0.25) is 0 Å². The number of anilines is 1. The van der Waals surface area contributed by atoms with Gasteiger partial charge in [-0.05, 0) is 69.2 Å². The molecule has 1 aromatic rings. The number of unbranched alkanes of at least 4 members (excludes halogenated alkanes) is 4. The number of rotatable bonds is 18. The van der Waals surface area contributed by atoms with Crippen molar-refractivity contribution in [2.75, 3.05) is 38.2 Å². The van der Waals surface area contributed by atoms with Crippen molar-refractivity contribution in [1.29, 1.82) is 0 Å². The van der Waals surface area contributed by atoms with Crippen LogP contribution in [0.4, 0.5) is 5.69 Å². The quantitative estimate of drug-likeness (QED) is 0.151. The van der Waals surface area contributed by atoms with Gasteiger partial charge in [-0.25, -0.2) is 0 Å². The molecule has 186 valence electrons. The number of allylic oxidation sites excluding steroid dienone is 1. The molecule has 0 saturated heterocycles. The number of benzene rings is 1. The van der Waals surface area contributed by atoms with Crippen LogP contribution < -0.4 is 21.3 Å². The second-order valence-electron chi connectivity index (χ2n) is 9.84. The molecule has 1 aliphatic heterocycles. The van der Waals surface area contributed by atoms with Gasteiger partial charge in [0, 0.05) is 17.9 Å². The molecular formula is C28H50N5+. The van der Waals surface area contributed by atoms with Crippen molar-refractivity contribution >= 4 is 5.69 Å². The molecule has 1 unspecified atom stereocenters. The van der Waals surface area contributed by atoms with Crippen LogP contribution in [0.1, 0.15) is 77.7 Å². The van der Waals surface area contributed by atoms with Crippen molar-refractivity contribution in [2.45, 2.75) is 84.6 Å². The van der Waals surface area contributed by atoms with Crippen LogP contribution >= 0.6 is 0 Å². The van der Waals surface area contributed by atoms with E-state index in [0.29, 0.717) is 6.04 Å². The Morgan fingerprint density at radius 1 is 0.970 bits per heavy atom. The number of likely N-dealkylation sites (N-methyl/N-ethyl adjacent to an activating group) is 1. The lowest BCUT2D eigenvalue weighted by Crippen LogP contribution is -2.45. The van der Waals surface area contributed by atoms with E-state index in [9.17, 15) is 0 Å². The van der Waals surface area contributed by atoms with Gasteiger partial charge >= 0.3 is 0 Å². The molecule has 33 heavy (non-hydrogen) atoms. The third kappa shape index (κ3) is 9.91. The molecule has 3 N–H and O–H groups in total. The fourth-order valence-electron chi connectivity index (χ4n) is 4.92. The van der Waals surface area contributed by atoms with Crippen LogP contribution in [-0.4, -0.2) is 43.8 Å². The average Bonchev–Trinajstić information content (AvgIpc) is 3.28. The number of quaternary nitrogens is 1. The predicted octanol–water partition coefficient (Wildman–Crippen LogP) is 5.67. The fraction of sp³-hybridized carbons (Fsp3) is 0.643. The van der Waals surface area contributed by atoms with E-state index in [2.05, 4.69) is 86.1 Å². The zero-order valence-corrected chi connectivity index (χ0v) is 21.8. The molecule has 0 fully saturated rings. The molecular weight excluding hydrogens is 406 g/mol. The molecule has 0 aromatic heterocycles. The van der Waals surface area contributed by atoms with Gasteiger partial charge in [0.15, 0.2) is 0 Å². The molecule has 0 radical (unpaired) electrons. The highest BCUT2D eigenvalue weighted by Gasteiger charge is 2.18. The molecule has 1 heterocycles. The van der Waals surface area contributed by atoms with Gasteiger partial charge in [0.25, 0.3) is 0 Å². The lowest BCUT2D eigenvalue weighted by Gasteiger charge is -2.34. The average molecular weight is 457 g/mol. The lowest BCUT2D eigenvalue weighted by atomic mass is 10.1. The Kier molecular flexibility index (Phi) is 12.6. The molecule has 0 aliphatic carbocycles. The Bertz CT molecular complexity index is 691. The largest absolute Gasteiger partial charge is 0.326 e. The maximum absolute atomic E-state index is 3.94. The van der Waals surface area contributed by atoms with Gasteiger partial charge in [0.2, 0.25) is 0 Å². The number of hydrogen-bond donors (Lipinski definition) is 3. The summed E-state index contributed by atoms with van der Waals surface area (Å²) in [5.74, 6) is 0. The van der Waals surface area contributed by atoms with Crippen LogP contribution in [0, 0.1) is 0 Å². The first-order chi connectivity index (χ1) is 16.0. The Morgan fingerprint density at radius 3 is 2.27 bits per heavy atom. The SMILES string of the molecule is C=CC(Cc1ccc(N2C=C(CCCCCCC[N+](C)(CCC)CCC)NN2)cc1)NCC. The van der Waals surface area contributed by atoms with Gasteiger partial charge in [-0.3, -0.25) is 5.01 Å². The second-order valence-corrected chi connectivity index (χ2v) is 9.84. The highest BCUT2D eigenvalue weighted by Crippen LogP contribution is 2.20. The van der Waals surface area contributed by atoms with Gasteiger partial charge in [-0.15, -0.1) is 12.1 Å². The van der Waals surface area contributed by atoms with Gasteiger partial charge in [0.1, 0.15) is 0 Å². The molecule has 0 saturated carbocycles. The minimum absolute atomic E-state index is 0.329. The van der Waals surface area contributed by atoms with Crippen LogP contribution in [0.5, 0.6) is 0 Å². The molecule has 5 heteroatoms. The molecule has 5 nitrogen and oxygen atoms in total. The van der Waals surface area contributed by atoms with E-state index in [1.165, 1.54) is 80.3 Å². The van der Waals surface area contributed by atoms with E-state index >= 15 is 0 Å². The Hall–Kier alpha value is -1.82. The number of hydrogen-bond acceptors (Lipinski definition) is 4. The molecule has 1 aliphatic rings. The summed E-state index contributed by atoms with van der Waals surface area (Å²) >= 11 is 0. The van der Waals surface area contributed by atoms with Gasteiger partial charge in [0.05, 0.1) is 32.4 Å². The first-order valence-electron chi connectivity index (χ1n) is 13.3. The van der Waals surface area contributed by atoms with Crippen LogP contribution in [0.15, 0.2) is 48.8 Å². The number of nitrogens with zero attached hydrogens (tertiary/aromatic N) is 2. The van der Waals surface area contributed by atoms with Crippen LogP contribution in [-0.2, 0) is 6.42 Å². The summed E-state index contributed by atoms with van der Waals surface area (Å²) in [5, 5.41) is 5.53. The minimum Gasteiger partial charge on any atom is -0.326 e. The summed E-state index contributed by atoms with van der Waals surface area (Å²) in [6.07, 6.45) is 15.5. The Labute approximate surface area is 203 Å². The van der Waals surface area contributed by atoms with Crippen molar-refractivity contribution in [2.24, 2.45) is 0 Å². The maximum atomic E-state index is 3.94. The summed E-state index contributed by atoms with van der Waals surface area (Å²) in [6, 6.07) is 9.11. The van der Waals surface area contributed by atoms with Crippen molar-refractivity contribution in [3.05, 3.63) is 54.4 Å². The minimum atomic E-state index is 0.329. The summed E-state index contributed by atoms with van der Waals surface area (Å²) in [7, 11) is 2.44. The standard InChI is InChI=1S/C28H50N5/c1-6-20-33(5,21-7-2)22-14-12-10-11-13-15-27-24-32(31-30-27)28-18-16-25(17-19-28)23-26(8-3)29-9-4/h8,16-19,24,26,29-31H,3,6-7,9-15,20-23H2,1-2,4-5H3/q+1. The first kappa shape index (κ1) is 27.4. The smallest absolute Gasteiger partial charge is 0.0784 e. The van der Waals surface area contributed by atoms with Crippen molar-refractivity contribution < 1.29 is 4.48 Å². The highest BCUT2D eigenvalue weighted by molar-refractivity contribution is 5.50. The monoisotopic (exact) mass is 456 g/mol. The summed E-state index contributed by atoms with van der Waals surface area (Å²) in [4.78, 5) is 0. The lowest BCUT2D eigenvalue weighted by molar-refractivity contribution is -0.909. The molecule has 2 rings (SSSR count). The summed E-state index contributed by atoms with van der Waals surface area (Å²) in [6.45, 7) is 15.6. The van der Waals surface area contributed by atoms with E-state index in [0.717, 1.165) is 25.1 Å². The van der Waals surface area contributed by atoms with E-state index in [-0.39, 0.29) is 0 Å². The number of hydrazine groups is 2. The summed E-state index contributed by atoms with van der Waals surface area (Å²) < 4.78 is 1.26. The van der Waals surface area contributed by atoms with Crippen molar-refractivity contribution in [1.82, 2.24) is 16.3 Å². The van der Waals surface area contributed by atoms with E-state index in [1.54, 1.807) is 0 Å². The van der Waals surface area contributed by atoms with Crippen LogP contribution in [0.25, 0.3) is 0 Å². The van der Waals surface area contributed by atoms with Crippen molar-refractivity contribution in [3.63, 3.8) is 0 Å². The fourth-order valence-corrected chi connectivity index (χ4v) is 4.92. The van der Waals surface area contributed by atoms with Crippen LogP contribution in [0.3, 0.4) is 0 Å². The normalized spacial score (nSPS) is 14.8. The second kappa shape index (κ2) is 15.2. The van der Waals surface area contributed by atoms with Gasteiger partial charge in [-0.2, -0.15) is 0 Å². The van der Waals surface area contributed by atoms with Gasteiger partial charge < -0.3 is 15.2 Å². The molecule has 0 amide bonds.